The summed E-state index contributed by atoms with van der Waals surface area (Å²) < 4.78 is 9.44. The van der Waals surface area contributed by atoms with Crippen LogP contribution in [-0.4, -0.2) is 22.2 Å². The van der Waals surface area contributed by atoms with Crippen molar-refractivity contribution in [3.05, 3.63) is 12.6 Å². The van der Waals surface area contributed by atoms with Crippen LogP contribution in [0, 0.1) is 0 Å². The number of hydrogen-bond acceptors (Lipinski definition) is 4. The lowest BCUT2D eigenvalue weighted by atomic mass is 10.4. The molecule has 1 unspecified atom stereocenters. The Morgan fingerprint density at radius 2 is 2.64 bits per heavy atom. The van der Waals surface area contributed by atoms with Crippen molar-refractivity contribution in [3.63, 3.8) is 0 Å². The summed E-state index contributed by atoms with van der Waals surface area (Å²) in [7, 11) is 0. The highest BCUT2D eigenvalue weighted by Crippen LogP contribution is 2.09. The van der Waals surface area contributed by atoms with E-state index in [-0.39, 0.29) is 5.95 Å². The van der Waals surface area contributed by atoms with Crippen molar-refractivity contribution in [1.29, 1.82) is 0 Å². The van der Waals surface area contributed by atoms with E-state index < -0.39 is 12.1 Å². The van der Waals surface area contributed by atoms with Gasteiger partial charge in [0, 0.05) is 0 Å². The zero-order chi connectivity index (χ0) is 8.27. The summed E-state index contributed by atoms with van der Waals surface area (Å²) in [5, 5.41) is 8.39. The molecule has 0 radical (unpaired) electrons. The number of aromatic nitrogens is 1. The number of oxazole rings is 1. The molecule has 0 amide bonds. The number of carboxylic acid groups (broad SMARTS) is 1. The van der Waals surface area contributed by atoms with Gasteiger partial charge in [-0.3, -0.25) is 0 Å². The molecule has 0 aliphatic heterocycles. The van der Waals surface area contributed by atoms with E-state index >= 15 is 0 Å². The van der Waals surface area contributed by atoms with Gasteiger partial charge in [-0.2, -0.15) is 0 Å². The predicted molar refractivity (Wildman–Crippen MR) is 34.2 cm³/mol. The molecule has 1 atom stereocenters. The highest BCUT2D eigenvalue weighted by atomic mass is 16.6. The van der Waals surface area contributed by atoms with Crippen LogP contribution in [0.1, 0.15) is 6.92 Å². The Bertz CT molecular complexity index is 231. The normalized spacial score (nSPS) is 12.5. The molecule has 0 aliphatic carbocycles. The Hall–Kier alpha value is -1.52. The fraction of sp³-hybridized carbons (Fsp3) is 0.333. The molecule has 0 fully saturated rings. The number of hydrogen-bond donors (Lipinski definition) is 1. The molecule has 0 saturated carbocycles. The van der Waals surface area contributed by atoms with Gasteiger partial charge in [-0.1, -0.05) is 0 Å². The fourth-order valence-electron chi connectivity index (χ4n) is 0.487. The summed E-state index contributed by atoms with van der Waals surface area (Å²) in [6, 6.07) is 0. The van der Waals surface area contributed by atoms with Gasteiger partial charge in [0.05, 0.1) is 0 Å². The molecule has 0 aromatic carbocycles. The van der Waals surface area contributed by atoms with Gasteiger partial charge in [-0.25, -0.2) is 9.78 Å². The summed E-state index contributed by atoms with van der Waals surface area (Å²) >= 11 is 0. The molecule has 11 heavy (non-hydrogen) atoms. The van der Waals surface area contributed by atoms with Gasteiger partial charge in [0.1, 0.15) is 6.20 Å². The molecule has 1 aromatic rings. The molecule has 1 aromatic heterocycles. The Labute approximate surface area is 62.6 Å². The smallest absolute Gasteiger partial charge is 0.344 e. The first-order chi connectivity index (χ1) is 5.20. The average Bonchev–Trinajstić information content (AvgIpc) is 2.39. The van der Waals surface area contributed by atoms with Gasteiger partial charge in [0.25, 0.3) is 0 Å². The maximum atomic E-state index is 10.2. The Morgan fingerprint density at radius 3 is 3.09 bits per heavy atom. The van der Waals surface area contributed by atoms with Crippen LogP contribution < -0.4 is 4.74 Å². The van der Waals surface area contributed by atoms with E-state index in [4.69, 9.17) is 9.84 Å². The minimum Gasteiger partial charge on any atom is -0.479 e. The summed E-state index contributed by atoms with van der Waals surface area (Å²) in [5.74, 6) is -0.929. The van der Waals surface area contributed by atoms with E-state index in [9.17, 15) is 4.79 Å². The summed E-state index contributed by atoms with van der Waals surface area (Å²) in [4.78, 5) is 13.8. The van der Waals surface area contributed by atoms with Crippen LogP contribution in [-0.2, 0) is 4.79 Å². The third kappa shape index (κ3) is 1.96. The highest BCUT2D eigenvalue weighted by molar-refractivity contribution is 5.72. The van der Waals surface area contributed by atoms with Gasteiger partial charge >= 0.3 is 11.9 Å². The molecule has 5 nitrogen and oxygen atoms in total. The second kappa shape index (κ2) is 3.05. The average molecular weight is 157 g/mol. The monoisotopic (exact) mass is 157 g/mol. The minimum atomic E-state index is -1.04. The molecule has 1 heterocycles. The van der Waals surface area contributed by atoms with Crippen molar-refractivity contribution in [3.8, 4) is 5.95 Å². The SMILES string of the molecule is CC(Oc1cnco1)C(=O)O. The molecule has 1 rings (SSSR count). The van der Waals surface area contributed by atoms with Crippen molar-refractivity contribution in [2.45, 2.75) is 13.0 Å². The standard InChI is InChI=1S/C6H7NO4/c1-4(6(8)9)11-5-2-7-3-10-5/h2-4H,1H3,(H,8,9). The number of carbonyl (C=O) groups is 1. The Morgan fingerprint density at radius 1 is 1.91 bits per heavy atom. The number of ether oxygens (including phenoxy) is 1. The van der Waals surface area contributed by atoms with Crippen molar-refractivity contribution in [2.24, 2.45) is 0 Å². The molecule has 1 N–H and O–H groups in total. The van der Waals surface area contributed by atoms with E-state index in [0.717, 1.165) is 0 Å². The number of aliphatic carboxylic acids is 1. The quantitative estimate of drug-likeness (QED) is 0.692. The minimum absolute atomic E-state index is 0.111. The Balaban J connectivity index is 2.50. The predicted octanol–water partition coefficient (Wildman–Crippen LogP) is 0.526. The Kier molecular flexibility index (Phi) is 2.10. The first-order valence-corrected chi connectivity index (χ1v) is 2.98. The maximum absolute atomic E-state index is 10.2. The van der Waals surface area contributed by atoms with Crippen molar-refractivity contribution >= 4 is 5.97 Å². The lowest BCUT2D eigenvalue weighted by Crippen LogP contribution is -2.22. The topological polar surface area (TPSA) is 72.6 Å². The molecular formula is C6H7NO4. The van der Waals surface area contributed by atoms with Gasteiger partial charge in [-0.05, 0) is 6.92 Å². The molecule has 0 aliphatic rings. The molecular weight excluding hydrogens is 150 g/mol. The van der Waals surface area contributed by atoms with Crippen LogP contribution in [0.4, 0.5) is 0 Å². The van der Waals surface area contributed by atoms with Crippen molar-refractivity contribution in [2.75, 3.05) is 0 Å². The van der Waals surface area contributed by atoms with Crippen LogP contribution >= 0.6 is 0 Å². The van der Waals surface area contributed by atoms with Crippen LogP contribution in [0.5, 0.6) is 5.95 Å². The summed E-state index contributed by atoms with van der Waals surface area (Å²) in [6.45, 7) is 1.41. The van der Waals surface area contributed by atoms with E-state index in [0.29, 0.717) is 0 Å². The van der Waals surface area contributed by atoms with Crippen molar-refractivity contribution in [1.82, 2.24) is 4.98 Å². The second-order valence-corrected chi connectivity index (χ2v) is 1.92. The van der Waals surface area contributed by atoms with Crippen LogP contribution in [0.15, 0.2) is 17.0 Å². The van der Waals surface area contributed by atoms with Gasteiger partial charge in [0.15, 0.2) is 12.5 Å². The highest BCUT2D eigenvalue weighted by Gasteiger charge is 2.13. The van der Waals surface area contributed by atoms with Gasteiger partial charge in [0.2, 0.25) is 0 Å². The van der Waals surface area contributed by atoms with E-state index in [1.165, 1.54) is 19.5 Å². The van der Waals surface area contributed by atoms with E-state index in [1.54, 1.807) is 0 Å². The van der Waals surface area contributed by atoms with Crippen LogP contribution in [0.3, 0.4) is 0 Å². The lowest BCUT2D eigenvalue weighted by molar-refractivity contribution is -0.144. The first-order valence-electron chi connectivity index (χ1n) is 2.98. The zero-order valence-electron chi connectivity index (χ0n) is 5.85. The molecule has 0 spiro atoms. The van der Waals surface area contributed by atoms with E-state index in [2.05, 4.69) is 9.40 Å². The number of rotatable bonds is 3. The maximum Gasteiger partial charge on any atom is 0.344 e. The summed E-state index contributed by atoms with van der Waals surface area (Å²) in [5.41, 5.74) is 0. The van der Waals surface area contributed by atoms with Gasteiger partial charge in [-0.15, -0.1) is 0 Å². The largest absolute Gasteiger partial charge is 0.479 e. The first kappa shape index (κ1) is 7.59. The second-order valence-electron chi connectivity index (χ2n) is 1.92. The molecule has 5 heteroatoms. The molecule has 60 valence electrons. The summed E-state index contributed by atoms with van der Waals surface area (Å²) in [6.07, 6.45) is 1.56. The van der Waals surface area contributed by atoms with Gasteiger partial charge < -0.3 is 14.3 Å². The third-order valence-electron chi connectivity index (χ3n) is 1.05. The fourth-order valence-corrected chi connectivity index (χ4v) is 0.487. The van der Waals surface area contributed by atoms with Crippen molar-refractivity contribution < 1.29 is 19.1 Å². The molecule has 0 bridgehead atoms. The third-order valence-corrected chi connectivity index (χ3v) is 1.05. The molecule has 0 saturated heterocycles. The van der Waals surface area contributed by atoms with Crippen LogP contribution in [0.25, 0.3) is 0 Å². The van der Waals surface area contributed by atoms with E-state index in [1.807, 2.05) is 0 Å². The lowest BCUT2D eigenvalue weighted by Gasteiger charge is -2.04. The zero-order valence-corrected chi connectivity index (χ0v) is 5.85. The number of carboxylic acids is 1. The number of nitrogens with zero attached hydrogens (tertiary/aromatic N) is 1. The van der Waals surface area contributed by atoms with Crippen LogP contribution in [0.2, 0.25) is 0 Å².